The predicted molar refractivity (Wildman–Crippen MR) is 118 cm³/mol. The van der Waals surface area contributed by atoms with Crippen LogP contribution in [0.5, 0.6) is 0 Å². The maximum Gasteiger partial charge on any atom is 0.339 e. The van der Waals surface area contributed by atoms with Crippen molar-refractivity contribution in [1.29, 1.82) is 0 Å². The van der Waals surface area contributed by atoms with E-state index in [0.29, 0.717) is 29.6 Å². The predicted octanol–water partition coefficient (Wildman–Crippen LogP) is 4.45. The van der Waals surface area contributed by atoms with Crippen molar-refractivity contribution in [1.82, 2.24) is 5.32 Å². The van der Waals surface area contributed by atoms with E-state index < -0.39 is 23.5 Å². The van der Waals surface area contributed by atoms with E-state index in [-0.39, 0.29) is 18.3 Å². The van der Waals surface area contributed by atoms with Crippen LogP contribution in [0.25, 0.3) is 21.9 Å². The number of carboxylic acids is 1. The molecule has 1 atom stereocenters. The number of aliphatic carboxylic acids is 1. The zero-order valence-corrected chi connectivity index (χ0v) is 18.6. The minimum Gasteiger partial charge on any atom is -0.480 e. The topological polar surface area (TPSA) is 110 Å². The minimum absolute atomic E-state index is 0.00575. The highest BCUT2D eigenvalue weighted by Gasteiger charge is 2.22. The van der Waals surface area contributed by atoms with Gasteiger partial charge in [-0.15, -0.1) is 0 Å². The molecule has 1 aromatic carbocycles. The number of benzene rings is 1. The van der Waals surface area contributed by atoms with Gasteiger partial charge >= 0.3 is 11.6 Å². The summed E-state index contributed by atoms with van der Waals surface area (Å²) in [6, 6.07) is 2.78. The van der Waals surface area contributed by atoms with Gasteiger partial charge in [-0.3, -0.25) is 4.79 Å². The van der Waals surface area contributed by atoms with Crippen molar-refractivity contribution in [2.75, 3.05) is 0 Å². The van der Waals surface area contributed by atoms with Crippen LogP contribution in [0.15, 0.2) is 32.0 Å². The van der Waals surface area contributed by atoms with Crippen molar-refractivity contribution in [2.24, 2.45) is 0 Å². The van der Waals surface area contributed by atoms with Gasteiger partial charge in [0.15, 0.2) is 0 Å². The number of carbonyl (C=O) groups is 2. The molecule has 0 aliphatic carbocycles. The van der Waals surface area contributed by atoms with Crippen LogP contribution in [0.1, 0.15) is 63.6 Å². The maximum atomic E-state index is 12.6. The molecule has 2 heterocycles. The van der Waals surface area contributed by atoms with E-state index in [4.69, 9.17) is 8.83 Å². The van der Waals surface area contributed by atoms with Gasteiger partial charge in [-0.05, 0) is 36.8 Å². The standard InChI is InChI=1S/C24H29NO6/c1-6-7-18(22(27)28)25-21(26)9-8-14-13(2)15-10-16-17(24(3,4)5)12-30-19(16)11-20(15)31-23(14)29/h10-12,18H,6-9H2,1-5H3,(H,25,26)(H,27,28)/t18-/m1/s1. The summed E-state index contributed by atoms with van der Waals surface area (Å²) < 4.78 is 11.2. The van der Waals surface area contributed by atoms with Gasteiger partial charge in [0.1, 0.15) is 17.2 Å². The van der Waals surface area contributed by atoms with E-state index in [1.54, 1.807) is 12.3 Å². The van der Waals surface area contributed by atoms with Gasteiger partial charge in [0, 0.05) is 34.4 Å². The van der Waals surface area contributed by atoms with Gasteiger partial charge in [0.05, 0.1) is 6.26 Å². The number of hydrogen-bond donors (Lipinski definition) is 2. The van der Waals surface area contributed by atoms with Crippen molar-refractivity contribution in [2.45, 2.75) is 71.8 Å². The highest BCUT2D eigenvalue weighted by Crippen LogP contribution is 2.35. The molecular weight excluding hydrogens is 398 g/mol. The third-order valence-corrected chi connectivity index (χ3v) is 5.60. The summed E-state index contributed by atoms with van der Waals surface area (Å²) in [6.45, 7) is 10.0. The Morgan fingerprint density at radius 2 is 1.87 bits per heavy atom. The number of aryl methyl sites for hydroxylation is 1. The fraction of sp³-hybridized carbons (Fsp3) is 0.458. The third-order valence-electron chi connectivity index (χ3n) is 5.60. The van der Waals surface area contributed by atoms with Gasteiger partial charge in [-0.2, -0.15) is 0 Å². The second kappa shape index (κ2) is 8.57. The number of fused-ring (bicyclic) bond motifs is 2. The molecule has 7 nitrogen and oxygen atoms in total. The van der Waals surface area contributed by atoms with E-state index in [2.05, 4.69) is 26.1 Å². The first-order valence-electron chi connectivity index (χ1n) is 10.5. The molecule has 3 rings (SSSR count). The van der Waals surface area contributed by atoms with Crippen LogP contribution >= 0.6 is 0 Å². The van der Waals surface area contributed by atoms with E-state index in [9.17, 15) is 19.5 Å². The van der Waals surface area contributed by atoms with Crippen LogP contribution in [0, 0.1) is 6.92 Å². The molecule has 0 aliphatic heterocycles. The number of hydrogen-bond acceptors (Lipinski definition) is 5. The van der Waals surface area contributed by atoms with E-state index >= 15 is 0 Å². The van der Waals surface area contributed by atoms with Crippen molar-refractivity contribution < 1.29 is 23.5 Å². The summed E-state index contributed by atoms with van der Waals surface area (Å²) >= 11 is 0. The summed E-state index contributed by atoms with van der Waals surface area (Å²) in [5.74, 6) is -1.46. The Morgan fingerprint density at radius 1 is 1.16 bits per heavy atom. The molecule has 0 bridgehead atoms. The number of amides is 1. The van der Waals surface area contributed by atoms with Crippen LogP contribution in [0.3, 0.4) is 0 Å². The lowest BCUT2D eigenvalue weighted by molar-refractivity contribution is -0.142. The molecule has 3 aromatic rings. The van der Waals surface area contributed by atoms with Crippen LogP contribution in [-0.4, -0.2) is 23.0 Å². The smallest absolute Gasteiger partial charge is 0.339 e. The Morgan fingerprint density at radius 3 is 2.48 bits per heavy atom. The molecule has 1 amide bonds. The van der Waals surface area contributed by atoms with Gasteiger partial charge < -0.3 is 19.3 Å². The Hall–Kier alpha value is -3.09. The molecule has 0 unspecified atom stereocenters. The minimum atomic E-state index is -1.06. The number of carboxylic acid groups (broad SMARTS) is 1. The normalized spacial score (nSPS) is 12.9. The van der Waals surface area contributed by atoms with Crippen LogP contribution in [0.2, 0.25) is 0 Å². The van der Waals surface area contributed by atoms with Crippen LogP contribution in [-0.2, 0) is 21.4 Å². The first kappa shape index (κ1) is 22.6. The Bertz CT molecular complexity index is 1190. The molecule has 2 N–H and O–H groups in total. The molecule has 166 valence electrons. The third kappa shape index (κ3) is 4.65. The van der Waals surface area contributed by atoms with Gasteiger partial charge in [-0.25, -0.2) is 9.59 Å². The Balaban J connectivity index is 1.92. The van der Waals surface area contributed by atoms with Gasteiger partial charge in [0.2, 0.25) is 5.91 Å². The lowest BCUT2D eigenvalue weighted by atomic mass is 9.86. The number of rotatable bonds is 7. The molecule has 7 heteroatoms. The molecule has 0 fully saturated rings. The monoisotopic (exact) mass is 427 g/mol. The second-order valence-electron chi connectivity index (χ2n) is 8.98. The fourth-order valence-corrected chi connectivity index (χ4v) is 3.83. The average Bonchev–Trinajstić information content (AvgIpc) is 3.09. The first-order chi connectivity index (χ1) is 14.5. The molecule has 2 aromatic heterocycles. The van der Waals surface area contributed by atoms with E-state index in [1.165, 1.54) is 0 Å². The zero-order chi connectivity index (χ0) is 22.9. The average molecular weight is 427 g/mol. The Kier molecular flexibility index (Phi) is 6.25. The molecule has 0 saturated carbocycles. The van der Waals surface area contributed by atoms with Crippen molar-refractivity contribution in [3.05, 3.63) is 45.5 Å². The highest BCUT2D eigenvalue weighted by atomic mass is 16.4. The fourth-order valence-electron chi connectivity index (χ4n) is 3.83. The Labute approximate surface area is 180 Å². The number of carbonyl (C=O) groups excluding carboxylic acids is 1. The lowest BCUT2D eigenvalue weighted by Gasteiger charge is -2.16. The van der Waals surface area contributed by atoms with Crippen molar-refractivity contribution >= 4 is 33.8 Å². The first-order valence-corrected chi connectivity index (χ1v) is 10.5. The summed E-state index contributed by atoms with van der Waals surface area (Å²) in [4.78, 5) is 36.1. The zero-order valence-electron chi connectivity index (χ0n) is 18.6. The second-order valence-corrected chi connectivity index (χ2v) is 8.98. The molecular formula is C24H29NO6. The van der Waals surface area contributed by atoms with Crippen molar-refractivity contribution in [3.8, 4) is 0 Å². The molecule has 0 aliphatic rings. The molecule has 0 radical (unpaired) electrons. The van der Waals surface area contributed by atoms with Crippen LogP contribution in [0.4, 0.5) is 0 Å². The molecule has 0 spiro atoms. The van der Waals surface area contributed by atoms with E-state index in [0.717, 1.165) is 21.9 Å². The largest absolute Gasteiger partial charge is 0.480 e. The van der Waals surface area contributed by atoms with Crippen LogP contribution < -0.4 is 10.9 Å². The molecule has 0 saturated heterocycles. The quantitative estimate of drug-likeness (QED) is 0.539. The number of furan rings is 1. The number of nitrogens with one attached hydrogen (secondary N) is 1. The van der Waals surface area contributed by atoms with E-state index in [1.807, 2.05) is 19.9 Å². The SMILES string of the molecule is CCC[C@@H](NC(=O)CCc1c(C)c2cc3c(C(C)(C)C)coc3cc2oc1=O)C(=O)O. The van der Waals surface area contributed by atoms with Gasteiger partial charge in [-0.1, -0.05) is 34.1 Å². The van der Waals surface area contributed by atoms with Crippen molar-refractivity contribution in [3.63, 3.8) is 0 Å². The summed E-state index contributed by atoms with van der Waals surface area (Å²) in [6.07, 6.45) is 2.91. The summed E-state index contributed by atoms with van der Waals surface area (Å²) in [5, 5.41) is 13.5. The highest BCUT2D eigenvalue weighted by molar-refractivity contribution is 5.97. The van der Waals surface area contributed by atoms with Gasteiger partial charge in [0.25, 0.3) is 0 Å². The molecule has 31 heavy (non-hydrogen) atoms. The summed E-state index contributed by atoms with van der Waals surface area (Å²) in [5.41, 5.74) is 2.72. The lowest BCUT2D eigenvalue weighted by Crippen LogP contribution is -2.40. The summed E-state index contributed by atoms with van der Waals surface area (Å²) in [7, 11) is 0. The maximum absolute atomic E-state index is 12.6.